The Labute approximate surface area is 169 Å². The van der Waals surface area contributed by atoms with Crippen LogP contribution < -0.4 is 14.8 Å². The molecule has 1 amide bonds. The van der Waals surface area contributed by atoms with Crippen LogP contribution in [0.15, 0.2) is 59.1 Å². The van der Waals surface area contributed by atoms with Crippen LogP contribution in [0.25, 0.3) is 11.3 Å². The number of amides is 1. The molecule has 1 heterocycles. The molecular weight excluding hydrogens is 368 g/mol. The van der Waals surface area contributed by atoms with E-state index in [1.165, 1.54) is 0 Å². The number of hydrogen-bond donors (Lipinski definition) is 1. The average Bonchev–Trinajstić information content (AvgIpc) is 3.27. The lowest BCUT2D eigenvalue weighted by Gasteiger charge is -2.18. The van der Waals surface area contributed by atoms with Crippen molar-refractivity contribution in [3.8, 4) is 22.8 Å². The van der Waals surface area contributed by atoms with Crippen molar-refractivity contribution in [1.82, 2.24) is 10.5 Å². The minimum absolute atomic E-state index is 0.0368. The lowest BCUT2D eigenvalue weighted by molar-refractivity contribution is 0.0921. The van der Waals surface area contributed by atoms with Gasteiger partial charge in [0.2, 0.25) is 0 Å². The van der Waals surface area contributed by atoms with E-state index in [2.05, 4.69) is 17.4 Å². The van der Waals surface area contributed by atoms with Gasteiger partial charge in [0.1, 0.15) is 11.5 Å². The first-order valence-electron chi connectivity index (χ1n) is 9.65. The quantitative estimate of drug-likeness (QED) is 0.641. The molecule has 3 atom stereocenters. The molecule has 1 fully saturated rings. The zero-order valence-corrected chi connectivity index (χ0v) is 16.7. The molecule has 0 spiro atoms. The monoisotopic (exact) mass is 392 g/mol. The average molecular weight is 392 g/mol. The molecule has 6 heteroatoms. The van der Waals surface area contributed by atoms with Crippen LogP contribution in [0.4, 0.5) is 0 Å². The van der Waals surface area contributed by atoms with Gasteiger partial charge in [-0.1, -0.05) is 42.4 Å². The maximum absolute atomic E-state index is 12.9. The highest BCUT2D eigenvalue weighted by Gasteiger charge is 2.41. The van der Waals surface area contributed by atoms with Gasteiger partial charge in [-0.2, -0.15) is 0 Å². The summed E-state index contributed by atoms with van der Waals surface area (Å²) in [5.74, 6) is 2.50. The standard InChI is InChI=1S/C23H24N2O4/c1-14-11-17(14)22(15-7-5-4-6-8-15)24-23(26)19-13-21(29-25-19)18-12-16(27-2)9-10-20(18)28-3/h4-10,12-14,17,22H,11H2,1-3H3,(H,24,26). The summed E-state index contributed by atoms with van der Waals surface area (Å²) in [5, 5.41) is 7.13. The molecule has 1 aliphatic rings. The second kappa shape index (κ2) is 7.99. The van der Waals surface area contributed by atoms with Crippen molar-refractivity contribution in [2.45, 2.75) is 19.4 Å². The number of ether oxygens (including phenoxy) is 2. The van der Waals surface area contributed by atoms with Crippen molar-refractivity contribution >= 4 is 5.91 Å². The maximum atomic E-state index is 12.9. The summed E-state index contributed by atoms with van der Waals surface area (Å²) in [6, 6.07) is 17.0. The van der Waals surface area contributed by atoms with E-state index in [-0.39, 0.29) is 17.6 Å². The van der Waals surface area contributed by atoms with Crippen molar-refractivity contribution in [2.75, 3.05) is 14.2 Å². The summed E-state index contributed by atoms with van der Waals surface area (Å²) >= 11 is 0. The predicted octanol–water partition coefficient (Wildman–Crippen LogP) is 4.49. The van der Waals surface area contributed by atoms with E-state index in [4.69, 9.17) is 14.0 Å². The van der Waals surface area contributed by atoms with Crippen LogP contribution in [0.1, 0.15) is 35.4 Å². The fourth-order valence-corrected chi connectivity index (χ4v) is 3.64. The number of aromatic nitrogens is 1. The molecule has 3 aromatic rings. The highest BCUT2D eigenvalue weighted by molar-refractivity contribution is 5.93. The number of benzene rings is 2. The van der Waals surface area contributed by atoms with Crippen molar-refractivity contribution in [1.29, 1.82) is 0 Å². The molecule has 150 valence electrons. The van der Waals surface area contributed by atoms with Crippen LogP contribution >= 0.6 is 0 Å². The van der Waals surface area contributed by atoms with Gasteiger partial charge in [-0.25, -0.2) is 0 Å². The van der Waals surface area contributed by atoms with E-state index in [9.17, 15) is 4.79 Å². The van der Waals surface area contributed by atoms with Crippen molar-refractivity contribution in [3.63, 3.8) is 0 Å². The molecule has 1 aliphatic carbocycles. The van der Waals surface area contributed by atoms with Crippen molar-refractivity contribution in [3.05, 3.63) is 65.9 Å². The molecule has 1 saturated carbocycles. The zero-order valence-electron chi connectivity index (χ0n) is 16.7. The minimum atomic E-state index is -0.255. The number of nitrogens with zero attached hydrogens (tertiary/aromatic N) is 1. The molecule has 1 aromatic heterocycles. The number of carbonyl (C=O) groups is 1. The molecule has 29 heavy (non-hydrogen) atoms. The summed E-state index contributed by atoms with van der Waals surface area (Å²) in [5.41, 5.74) is 2.02. The maximum Gasteiger partial charge on any atom is 0.273 e. The Bertz CT molecular complexity index is 999. The summed E-state index contributed by atoms with van der Waals surface area (Å²) in [4.78, 5) is 12.9. The summed E-state index contributed by atoms with van der Waals surface area (Å²) in [6.45, 7) is 2.20. The van der Waals surface area contributed by atoms with Crippen LogP contribution in [0.5, 0.6) is 11.5 Å². The highest BCUT2D eigenvalue weighted by atomic mass is 16.5. The smallest absolute Gasteiger partial charge is 0.273 e. The molecule has 0 radical (unpaired) electrons. The molecule has 0 saturated heterocycles. The molecule has 4 rings (SSSR count). The first kappa shape index (κ1) is 19.1. The zero-order chi connectivity index (χ0) is 20.4. The molecule has 6 nitrogen and oxygen atoms in total. The van der Waals surface area contributed by atoms with E-state index in [1.54, 1.807) is 38.5 Å². The van der Waals surface area contributed by atoms with Gasteiger partial charge in [0.25, 0.3) is 5.91 Å². The Balaban J connectivity index is 1.57. The first-order valence-corrected chi connectivity index (χ1v) is 9.65. The lowest BCUT2D eigenvalue weighted by atomic mass is 10.0. The topological polar surface area (TPSA) is 73.6 Å². The molecule has 0 bridgehead atoms. The molecule has 1 N–H and O–H groups in total. The Hall–Kier alpha value is -3.28. The third-order valence-corrected chi connectivity index (χ3v) is 5.46. The van der Waals surface area contributed by atoms with Gasteiger partial charge in [0, 0.05) is 6.07 Å². The second-order valence-corrected chi connectivity index (χ2v) is 7.38. The van der Waals surface area contributed by atoms with Gasteiger partial charge in [0.05, 0.1) is 25.8 Å². The highest BCUT2D eigenvalue weighted by Crippen LogP contribution is 2.47. The summed E-state index contributed by atoms with van der Waals surface area (Å²) in [6.07, 6.45) is 1.10. The van der Waals surface area contributed by atoms with Gasteiger partial charge >= 0.3 is 0 Å². The fourth-order valence-electron chi connectivity index (χ4n) is 3.64. The summed E-state index contributed by atoms with van der Waals surface area (Å²) < 4.78 is 16.1. The Morgan fingerprint density at radius 1 is 1.14 bits per heavy atom. The second-order valence-electron chi connectivity index (χ2n) is 7.38. The largest absolute Gasteiger partial charge is 0.497 e. The van der Waals surface area contributed by atoms with Gasteiger partial charge in [-0.05, 0) is 42.0 Å². The Morgan fingerprint density at radius 3 is 2.55 bits per heavy atom. The van der Waals surface area contributed by atoms with Crippen LogP contribution in [0.3, 0.4) is 0 Å². The van der Waals surface area contributed by atoms with Gasteiger partial charge in [-0.15, -0.1) is 0 Å². The minimum Gasteiger partial charge on any atom is -0.497 e. The number of nitrogens with one attached hydrogen (secondary N) is 1. The van der Waals surface area contributed by atoms with Crippen LogP contribution in [-0.2, 0) is 0 Å². The molecule has 3 unspecified atom stereocenters. The van der Waals surface area contributed by atoms with Crippen molar-refractivity contribution < 1.29 is 18.8 Å². The number of rotatable bonds is 7. The predicted molar refractivity (Wildman–Crippen MR) is 109 cm³/mol. The Kier molecular flexibility index (Phi) is 5.25. The van der Waals surface area contributed by atoms with Crippen molar-refractivity contribution in [2.24, 2.45) is 11.8 Å². The van der Waals surface area contributed by atoms with E-state index in [1.807, 2.05) is 30.3 Å². The lowest BCUT2D eigenvalue weighted by Crippen LogP contribution is -2.30. The fraction of sp³-hybridized carbons (Fsp3) is 0.304. The SMILES string of the molecule is COc1ccc(OC)c(-c2cc(C(=O)NC(c3ccccc3)C3CC3C)no2)c1. The van der Waals surface area contributed by atoms with E-state index < -0.39 is 0 Å². The number of carbonyl (C=O) groups excluding carboxylic acids is 1. The van der Waals surface area contributed by atoms with E-state index in [0.29, 0.717) is 34.7 Å². The molecular formula is C23H24N2O4. The van der Waals surface area contributed by atoms with Gasteiger partial charge < -0.3 is 19.3 Å². The number of hydrogen-bond acceptors (Lipinski definition) is 5. The summed E-state index contributed by atoms with van der Waals surface area (Å²) in [7, 11) is 3.17. The first-order chi connectivity index (χ1) is 14.1. The third-order valence-electron chi connectivity index (χ3n) is 5.46. The normalized spacial score (nSPS) is 18.7. The Morgan fingerprint density at radius 2 is 1.90 bits per heavy atom. The van der Waals surface area contributed by atoms with Crippen LogP contribution in [0.2, 0.25) is 0 Å². The van der Waals surface area contributed by atoms with Gasteiger partial charge in [0.15, 0.2) is 11.5 Å². The van der Waals surface area contributed by atoms with E-state index >= 15 is 0 Å². The van der Waals surface area contributed by atoms with Crippen LogP contribution in [-0.4, -0.2) is 25.3 Å². The third kappa shape index (κ3) is 3.97. The molecule has 0 aliphatic heterocycles. The van der Waals surface area contributed by atoms with Crippen LogP contribution in [0, 0.1) is 11.8 Å². The van der Waals surface area contributed by atoms with Gasteiger partial charge in [-0.3, -0.25) is 4.79 Å². The number of methoxy groups -OCH3 is 2. The molecule has 2 aromatic carbocycles. The van der Waals surface area contributed by atoms with E-state index in [0.717, 1.165) is 12.0 Å².